The standard InChI is InChI=1S/C17H13F3N4O5S/c1-9(16(26)29-8-14(25)23-15-10(7-21)4-5-30-15)22-12-3-2-11(17(18,19)20)6-13(12)24(27)28/h2-6,9,22H,8H2,1H3,(H,23,25)/t9-/m1/s1. The lowest BCUT2D eigenvalue weighted by Gasteiger charge is -2.15. The molecular formula is C17H13F3N4O5S. The van der Waals surface area contributed by atoms with Gasteiger partial charge in [0.2, 0.25) is 0 Å². The zero-order valence-electron chi connectivity index (χ0n) is 15.1. The molecule has 0 aliphatic carbocycles. The Bertz CT molecular complexity index is 1020. The number of carbonyl (C=O) groups excluding carboxylic acids is 2. The van der Waals surface area contributed by atoms with Crippen LogP contribution in [0.25, 0.3) is 0 Å². The topological polar surface area (TPSA) is 134 Å². The third kappa shape index (κ3) is 5.67. The van der Waals surface area contributed by atoms with Crippen LogP contribution in [-0.4, -0.2) is 29.4 Å². The zero-order chi connectivity index (χ0) is 22.5. The molecule has 13 heteroatoms. The van der Waals surface area contributed by atoms with E-state index in [-0.39, 0.29) is 16.3 Å². The summed E-state index contributed by atoms with van der Waals surface area (Å²) in [6.45, 7) is 0.567. The van der Waals surface area contributed by atoms with Crippen LogP contribution in [0.4, 0.5) is 29.5 Å². The Hall–Kier alpha value is -3.66. The predicted octanol–water partition coefficient (Wildman–Crippen LogP) is 3.53. The monoisotopic (exact) mass is 442 g/mol. The number of alkyl halides is 3. The van der Waals surface area contributed by atoms with Crippen LogP contribution in [0, 0.1) is 21.4 Å². The first-order chi connectivity index (χ1) is 14.0. The zero-order valence-corrected chi connectivity index (χ0v) is 16.0. The number of nitro benzene ring substituents is 1. The Kier molecular flexibility index (Phi) is 6.96. The van der Waals surface area contributed by atoms with Gasteiger partial charge in [-0.25, -0.2) is 4.79 Å². The lowest BCUT2D eigenvalue weighted by Crippen LogP contribution is -2.31. The molecule has 1 atom stereocenters. The highest BCUT2D eigenvalue weighted by molar-refractivity contribution is 7.14. The van der Waals surface area contributed by atoms with Crippen LogP contribution in [-0.2, 0) is 20.5 Å². The van der Waals surface area contributed by atoms with Gasteiger partial charge in [-0.1, -0.05) is 0 Å². The number of ether oxygens (including phenoxy) is 1. The molecule has 1 heterocycles. The molecule has 2 aromatic rings. The first kappa shape index (κ1) is 22.6. The number of esters is 1. The number of nitrogens with zero attached hydrogens (tertiary/aromatic N) is 2. The maximum Gasteiger partial charge on any atom is 0.416 e. The summed E-state index contributed by atoms with van der Waals surface area (Å²) in [6.07, 6.45) is -4.77. The number of nitro groups is 1. The van der Waals surface area contributed by atoms with Crippen molar-refractivity contribution in [3.8, 4) is 6.07 Å². The summed E-state index contributed by atoms with van der Waals surface area (Å²) in [4.78, 5) is 33.9. The number of benzene rings is 1. The number of hydrogen-bond acceptors (Lipinski definition) is 8. The maximum atomic E-state index is 12.7. The van der Waals surface area contributed by atoms with Gasteiger partial charge in [0.05, 0.1) is 16.1 Å². The van der Waals surface area contributed by atoms with Gasteiger partial charge in [0.25, 0.3) is 11.6 Å². The number of nitriles is 1. The highest BCUT2D eigenvalue weighted by Gasteiger charge is 2.33. The van der Waals surface area contributed by atoms with Crippen molar-refractivity contribution in [2.75, 3.05) is 17.2 Å². The molecule has 30 heavy (non-hydrogen) atoms. The summed E-state index contributed by atoms with van der Waals surface area (Å²) in [5.41, 5.74) is -2.16. The van der Waals surface area contributed by atoms with E-state index in [0.717, 1.165) is 17.4 Å². The Morgan fingerprint density at radius 2 is 2.07 bits per heavy atom. The summed E-state index contributed by atoms with van der Waals surface area (Å²) in [5, 5.41) is 26.6. The molecule has 0 saturated carbocycles. The van der Waals surface area contributed by atoms with Gasteiger partial charge in [-0.3, -0.25) is 14.9 Å². The van der Waals surface area contributed by atoms with Crippen LogP contribution < -0.4 is 10.6 Å². The van der Waals surface area contributed by atoms with Gasteiger partial charge >= 0.3 is 12.1 Å². The quantitative estimate of drug-likeness (QED) is 0.380. The van der Waals surface area contributed by atoms with E-state index in [0.29, 0.717) is 12.1 Å². The molecule has 0 bridgehead atoms. The summed E-state index contributed by atoms with van der Waals surface area (Å²) in [7, 11) is 0. The normalized spacial score (nSPS) is 11.8. The fraction of sp³-hybridized carbons (Fsp3) is 0.235. The summed E-state index contributed by atoms with van der Waals surface area (Å²) < 4.78 is 43.0. The molecule has 2 N–H and O–H groups in total. The molecule has 2 rings (SSSR count). The lowest BCUT2D eigenvalue weighted by molar-refractivity contribution is -0.384. The Morgan fingerprint density at radius 1 is 1.37 bits per heavy atom. The molecule has 0 saturated heterocycles. The van der Waals surface area contributed by atoms with Crippen molar-refractivity contribution >= 4 is 39.6 Å². The second kappa shape index (κ2) is 9.23. The molecular weight excluding hydrogens is 429 g/mol. The average molecular weight is 442 g/mol. The van der Waals surface area contributed by atoms with E-state index in [4.69, 9.17) is 10.00 Å². The van der Waals surface area contributed by atoms with Gasteiger partial charge in [0.1, 0.15) is 22.8 Å². The van der Waals surface area contributed by atoms with Gasteiger partial charge in [0.15, 0.2) is 6.61 Å². The number of thiophene rings is 1. The van der Waals surface area contributed by atoms with Gasteiger partial charge in [-0.05, 0) is 30.5 Å². The van der Waals surface area contributed by atoms with Gasteiger partial charge in [0, 0.05) is 6.07 Å². The molecule has 1 amide bonds. The highest BCUT2D eigenvalue weighted by atomic mass is 32.1. The third-order valence-electron chi connectivity index (χ3n) is 3.63. The van der Waals surface area contributed by atoms with Crippen molar-refractivity contribution in [1.29, 1.82) is 5.26 Å². The van der Waals surface area contributed by atoms with Gasteiger partial charge in [-0.15, -0.1) is 11.3 Å². The number of carbonyl (C=O) groups is 2. The summed E-state index contributed by atoms with van der Waals surface area (Å²) in [6, 6.07) is 3.98. The smallest absolute Gasteiger partial charge is 0.416 e. The Labute approximate surface area is 171 Å². The molecule has 158 valence electrons. The first-order valence-electron chi connectivity index (χ1n) is 8.09. The molecule has 0 unspecified atom stereocenters. The third-order valence-corrected chi connectivity index (χ3v) is 4.46. The number of anilines is 2. The average Bonchev–Trinajstić information content (AvgIpc) is 3.12. The minimum atomic E-state index is -4.77. The number of rotatable bonds is 7. The fourth-order valence-electron chi connectivity index (χ4n) is 2.19. The minimum Gasteiger partial charge on any atom is -0.454 e. The van der Waals surface area contributed by atoms with Crippen molar-refractivity contribution < 1.29 is 32.4 Å². The number of amides is 1. The first-order valence-corrected chi connectivity index (χ1v) is 8.97. The van der Waals surface area contributed by atoms with E-state index in [2.05, 4.69) is 10.6 Å². The lowest BCUT2D eigenvalue weighted by atomic mass is 10.1. The van der Waals surface area contributed by atoms with Gasteiger partial charge < -0.3 is 15.4 Å². The van der Waals surface area contributed by atoms with E-state index in [9.17, 15) is 32.9 Å². The van der Waals surface area contributed by atoms with E-state index in [1.165, 1.54) is 13.0 Å². The molecule has 1 aromatic heterocycles. The van der Waals surface area contributed by atoms with E-state index in [1.54, 1.807) is 5.38 Å². The molecule has 1 aromatic carbocycles. The molecule has 0 radical (unpaired) electrons. The number of halogens is 3. The van der Waals surface area contributed by atoms with E-state index in [1.807, 2.05) is 6.07 Å². The van der Waals surface area contributed by atoms with Crippen LogP contribution >= 0.6 is 11.3 Å². The van der Waals surface area contributed by atoms with E-state index >= 15 is 0 Å². The van der Waals surface area contributed by atoms with Crippen molar-refractivity contribution in [1.82, 2.24) is 0 Å². The van der Waals surface area contributed by atoms with Crippen LogP contribution in [0.3, 0.4) is 0 Å². The fourth-order valence-corrected chi connectivity index (χ4v) is 2.95. The van der Waals surface area contributed by atoms with Crippen LogP contribution in [0.5, 0.6) is 0 Å². The molecule has 9 nitrogen and oxygen atoms in total. The molecule has 0 spiro atoms. The summed E-state index contributed by atoms with van der Waals surface area (Å²) in [5.74, 6) is -1.68. The largest absolute Gasteiger partial charge is 0.454 e. The van der Waals surface area contributed by atoms with Gasteiger partial charge in [-0.2, -0.15) is 18.4 Å². The van der Waals surface area contributed by atoms with E-state index < -0.39 is 46.9 Å². The van der Waals surface area contributed by atoms with Crippen molar-refractivity contribution in [2.45, 2.75) is 19.1 Å². The van der Waals surface area contributed by atoms with Crippen molar-refractivity contribution in [3.05, 3.63) is 50.9 Å². The van der Waals surface area contributed by atoms with Crippen LogP contribution in [0.15, 0.2) is 29.6 Å². The summed E-state index contributed by atoms with van der Waals surface area (Å²) >= 11 is 1.10. The minimum absolute atomic E-state index is 0.240. The Morgan fingerprint density at radius 3 is 2.67 bits per heavy atom. The number of nitrogens with one attached hydrogen (secondary N) is 2. The predicted molar refractivity (Wildman–Crippen MR) is 99.8 cm³/mol. The van der Waals surface area contributed by atoms with Crippen LogP contribution in [0.2, 0.25) is 0 Å². The van der Waals surface area contributed by atoms with Crippen molar-refractivity contribution in [2.24, 2.45) is 0 Å². The molecule has 0 aliphatic heterocycles. The Balaban J connectivity index is 1.99. The maximum absolute atomic E-state index is 12.7. The number of hydrogen-bond donors (Lipinski definition) is 2. The highest BCUT2D eigenvalue weighted by Crippen LogP contribution is 2.35. The second-order valence-corrected chi connectivity index (χ2v) is 6.70. The molecule has 0 aliphatic rings. The second-order valence-electron chi connectivity index (χ2n) is 5.78. The van der Waals surface area contributed by atoms with Crippen LogP contribution in [0.1, 0.15) is 18.1 Å². The molecule has 0 fully saturated rings. The van der Waals surface area contributed by atoms with Crippen molar-refractivity contribution in [3.63, 3.8) is 0 Å². The SMILES string of the molecule is C[C@@H](Nc1ccc(C(F)(F)F)cc1[N+](=O)[O-])C(=O)OCC(=O)Nc1sccc1C#N.